The van der Waals surface area contributed by atoms with Crippen LogP contribution < -0.4 is 0 Å². The second kappa shape index (κ2) is 14.3. The third kappa shape index (κ3) is 5.51. The van der Waals surface area contributed by atoms with Crippen molar-refractivity contribution in [3.63, 3.8) is 0 Å². The predicted molar refractivity (Wildman–Crippen MR) is 248 cm³/mol. The van der Waals surface area contributed by atoms with Gasteiger partial charge in [0.1, 0.15) is 0 Å². The number of nitriles is 3. The molecule has 0 saturated heterocycles. The molecule has 302 valence electrons. The van der Waals surface area contributed by atoms with Gasteiger partial charge in [0.2, 0.25) is 0 Å². The van der Waals surface area contributed by atoms with E-state index in [2.05, 4.69) is 146 Å². The van der Waals surface area contributed by atoms with Gasteiger partial charge in [-0.3, -0.25) is 15.0 Å². The Kier molecular flexibility index (Phi) is 8.43. The molecule has 12 heterocycles. The summed E-state index contributed by atoms with van der Waals surface area (Å²) >= 11 is 0. The van der Waals surface area contributed by atoms with Gasteiger partial charge in [-0.05, 0) is 107 Å². The van der Waals surface area contributed by atoms with E-state index in [1.165, 1.54) is 33.4 Å². The molecule has 3 atom stereocenters. The topological polar surface area (TPSA) is 110 Å². The Morgan fingerprint density at radius 3 is 0.984 bits per heavy atom. The summed E-state index contributed by atoms with van der Waals surface area (Å²) in [6.45, 7) is 0. The van der Waals surface area contributed by atoms with Crippen LogP contribution in [0.25, 0.3) is 33.4 Å². The van der Waals surface area contributed by atoms with Crippen LogP contribution >= 0.6 is 0 Å². The molecule has 7 aliphatic carbocycles. The van der Waals surface area contributed by atoms with Crippen LogP contribution in [0.15, 0.2) is 199 Å². The molecule has 1 saturated carbocycles. The Balaban J connectivity index is 1.27. The van der Waals surface area contributed by atoms with Gasteiger partial charge < -0.3 is 0 Å². The molecule has 6 heteroatoms. The van der Waals surface area contributed by atoms with Gasteiger partial charge in [-0.15, -0.1) is 0 Å². The zero-order valence-corrected chi connectivity index (χ0v) is 34.9. The molecule has 3 aromatic heterocycles. The fraction of sp³-hybridized carbons (Fsp3) is 0.172. The molecule has 9 aliphatic heterocycles. The SMILES string of the molecule is N#CC1=CC2(C=C1)c1ccc(cn1)-c1ccccc1C1CC3CC(C1)c1ccccc1-c1ccc(nc1)C1(C=CC(C#N)=C1)C2C1(C=CC(C#N)=C1)c1ccc(cn1)-c1ccccc13. The molecule has 22 rings (SSSR count). The standard InChI is InChI=1S/C58H40N6/c59-31-37-19-22-56(28-37)52-16-13-40(34-62-52)46-7-1-4-10-49(46)43-25-44-27-45(26-43)51-12-6-3-9-48(51)42-15-18-54(64-36-42)58(24-21-39(30-58)33-61)55(56)57(23-20-38(29-57)32-60)53-17-14-41(35-63-53)47-8-2-5-11-50(44)47/h1-24,28-30,34-36,43-45,55H,25-27H2. The zero-order chi connectivity index (χ0) is 43.0. The molecule has 3 unspecified atom stereocenters. The number of hydrogen-bond acceptors (Lipinski definition) is 6. The van der Waals surface area contributed by atoms with E-state index in [9.17, 15) is 15.8 Å². The van der Waals surface area contributed by atoms with Crippen LogP contribution in [0.3, 0.4) is 0 Å². The monoisotopic (exact) mass is 820 g/mol. The van der Waals surface area contributed by atoms with Crippen molar-refractivity contribution in [3.05, 3.63) is 233 Å². The third-order valence-electron chi connectivity index (χ3n) is 15.1. The molecule has 6 aromatic rings. The molecule has 10 bridgehead atoms. The molecule has 64 heavy (non-hydrogen) atoms. The van der Waals surface area contributed by atoms with E-state index in [1.807, 2.05) is 55.0 Å². The number of rotatable bonds is 0. The highest BCUT2D eigenvalue weighted by Gasteiger charge is 2.62. The minimum Gasteiger partial charge on any atom is -0.259 e. The van der Waals surface area contributed by atoms with Gasteiger partial charge in [0, 0.05) is 57.9 Å². The highest BCUT2D eigenvalue weighted by atomic mass is 14.8. The first-order valence-corrected chi connectivity index (χ1v) is 22.1. The average Bonchev–Trinajstić information content (AvgIpc) is 4.13. The van der Waals surface area contributed by atoms with Crippen LogP contribution in [0.5, 0.6) is 0 Å². The number of nitrogens with zero attached hydrogens (tertiary/aromatic N) is 6. The maximum Gasteiger partial charge on any atom is 0.0988 e. The lowest BCUT2D eigenvalue weighted by Crippen LogP contribution is -2.54. The Labute approximate surface area is 373 Å². The summed E-state index contributed by atoms with van der Waals surface area (Å²) in [6, 6.07) is 46.8. The summed E-state index contributed by atoms with van der Waals surface area (Å²) in [5.74, 6) is 0.105. The minimum atomic E-state index is -1.10. The maximum atomic E-state index is 10.7. The summed E-state index contributed by atoms with van der Waals surface area (Å²) in [5.41, 5.74) is 10.9. The van der Waals surface area contributed by atoms with Gasteiger partial charge >= 0.3 is 0 Å². The van der Waals surface area contributed by atoms with E-state index in [1.54, 1.807) is 0 Å². The molecular weight excluding hydrogens is 781 g/mol. The van der Waals surface area contributed by atoms with Crippen LogP contribution in [-0.2, 0) is 16.2 Å². The summed E-state index contributed by atoms with van der Waals surface area (Å²) < 4.78 is 0. The number of benzene rings is 3. The summed E-state index contributed by atoms with van der Waals surface area (Å²) in [5, 5.41) is 32.0. The first kappa shape index (κ1) is 37.8. The lowest BCUT2D eigenvalue weighted by molar-refractivity contribution is 0.220. The molecule has 0 N–H and O–H groups in total. The Morgan fingerprint density at radius 2 is 0.719 bits per heavy atom. The van der Waals surface area contributed by atoms with Crippen LogP contribution in [-0.4, -0.2) is 15.0 Å². The smallest absolute Gasteiger partial charge is 0.0988 e. The second-order valence-corrected chi connectivity index (χ2v) is 18.2. The molecule has 6 nitrogen and oxygen atoms in total. The van der Waals surface area contributed by atoms with Crippen molar-refractivity contribution in [3.8, 4) is 51.6 Å². The molecule has 3 spiro atoms. The zero-order valence-electron chi connectivity index (χ0n) is 34.9. The minimum absolute atomic E-state index is 0.249. The van der Waals surface area contributed by atoms with Gasteiger partial charge in [0.05, 0.1) is 51.5 Å². The Hall–Kier alpha value is -7.98. The fourth-order valence-electron chi connectivity index (χ4n) is 12.5. The normalized spacial score (nSPS) is 27.4. The van der Waals surface area contributed by atoms with Crippen LogP contribution in [0, 0.1) is 39.9 Å². The second-order valence-electron chi connectivity index (χ2n) is 18.2. The molecule has 3 aromatic carbocycles. The highest BCUT2D eigenvalue weighted by Crippen LogP contribution is 2.62. The van der Waals surface area contributed by atoms with Crippen molar-refractivity contribution >= 4 is 0 Å². The predicted octanol–water partition coefficient (Wildman–Crippen LogP) is 12.1. The van der Waals surface area contributed by atoms with Crippen molar-refractivity contribution in [2.24, 2.45) is 5.92 Å². The lowest BCUT2D eigenvalue weighted by Gasteiger charge is -2.52. The molecule has 1 fully saturated rings. The van der Waals surface area contributed by atoms with Gasteiger partial charge in [0.15, 0.2) is 0 Å². The van der Waals surface area contributed by atoms with Crippen molar-refractivity contribution in [1.29, 1.82) is 15.8 Å². The van der Waals surface area contributed by atoms with Crippen LogP contribution in [0.2, 0.25) is 0 Å². The van der Waals surface area contributed by atoms with Crippen LogP contribution in [0.4, 0.5) is 0 Å². The Bertz CT molecular complexity index is 2900. The maximum absolute atomic E-state index is 10.7. The third-order valence-corrected chi connectivity index (χ3v) is 15.1. The van der Waals surface area contributed by atoms with E-state index >= 15 is 0 Å². The van der Waals surface area contributed by atoms with Crippen molar-refractivity contribution in [2.45, 2.75) is 53.3 Å². The number of hydrogen-bond donors (Lipinski definition) is 0. The lowest BCUT2D eigenvalue weighted by atomic mass is 9.49. The van der Waals surface area contributed by atoms with E-state index in [0.717, 1.165) is 53.0 Å². The van der Waals surface area contributed by atoms with Gasteiger partial charge in [-0.25, -0.2) is 0 Å². The van der Waals surface area contributed by atoms with E-state index < -0.39 is 22.2 Å². The highest BCUT2D eigenvalue weighted by molar-refractivity contribution is 5.73. The van der Waals surface area contributed by atoms with Crippen LogP contribution in [0.1, 0.15) is 70.8 Å². The van der Waals surface area contributed by atoms with E-state index in [0.29, 0.717) is 16.7 Å². The summed E-state index contributed by atoms with van der Waals surface area (Å²) in [7, 11) is 0. The quantitative estimate of drug-likeness (QED) is 0.151. The number of pyridine rings is 3. The van der Waals surface area contributed by atoms with Crippen molar-refractivity contribution in [2.75, 3.05) is 0 Å². The van der Waals surface area contributed by atoms with Crippen molar-refractivity contribution < 1.29 is 0 Å². The Morgan fingerprint density at radius 1 is 0.406 bits per heavy atom. The molecular formula is C58H40N6. The fourth-order valence-corrected chi connectivity index (χ4v) is 12.5. The summed E-state index contributed by atoms with van der Waals surface area (Å²) in [4.78, 5) is 16.3. The van der Waals surface area contributed by atoms with Gasteiger partial charge in [-0.2, -0.15) is 15.8 Å². The van der Waals surface area contributed by atoms with Crippen molar-refractivity contribution in [1.82, 2.24) is 15.0 Å². The van der Waals surface area contributed by atoms with E-state index in [4.69, 9.17) is 15.0 Å². The first-order chi connectivity index (χ1) is 31.4. The largest absolute Gasteiger partial charge is 0.259 e. The first-order valence-electron chi connectivity index (χ1n) is 22.1. The molecule has 0 radical (unpaired) electrons. The molecule has 0 amide bonds. The molecule has 16 aliphatic rings. The average molecular weight is 821 g/mol. The van der Waals surface area contributed by atoms with Gasteiger partial charge in [0.25, 0.3) is 0 Å². The van der Waals surface area contributed by atoms with E-state index in [-0.39, 0.29) is 17.8 Å². The number of aromatic nitrogens is 3. The van der Waals surface area contributed by atoms with Gasteiger partial charge in [-0.1, -0.05) is 127 Å². The number of allylic oxidation sites excluding steroid dienone is 12. The summed E-state index contributed by atoms with van der Waals surface area (Å²) in [6.07, 6.45) is 27.0.